The van der Waals surface area contributed by atoms with Crippen LogP contribution in [-0.4, -0.2) is 34.6 Å². The molecule has 1 N–H and O–H groups in total. The van der Waals surface area contributed by atoms with Gasteiger partial charge in [0, 0.05) is 18.3 Å². The van der Waals surface area contributed by atoms with Crippen molar-refractivity contribution >= 4 is 23.3 Å². The Morgan fingerprint density at radius 2 is 2.10 bits per heavy atom. The summed E-state index contributed by atoms with van der Waals surface area (Å²) in [5.74, 6) is 1.12. The van der Waals surface area contributed by atoms with Crippen molar-refractivity contribution in [3.05, 3.63) is 77.8 Å². The van der Waals surface area contributed by atoms with E-state index < -0.39 is 0 Å². The number of nitrogens with one attached hydrogen (secondary N) is 1. The summed E-state index contributed by atoms with van der Waals surface area (Å²) in [5, 5.41) is 4.14. The zero-order valence-electron chi connectivity index (χ0n) is 17.6. The lowest BCUT2D eigenvalue weighted by molar-refractivity contribution is 0.0601. The third-order valence-corrected chi connectivity index (χ3v) is 5.79. The van der Waals surface area contributed by atoms with Gasteiger partial charge in [-0.3, -0.25) is 4.98 Å². The number of aromatic nitrogens is 1. The second-order valence-corrected chi connectivity index (χ2v) is 7.83. The number of esters is 1. The van der Waals surface area contributed by atoms with Crippen LogP contribution in [0.15, 0.2) is 65.2 Å². The summed E-state index contributed by atoms with van der Waals surface area (Å²) >= 11 is 5.66. The van der Waals surface area contributed by atoms with Crippen LogP contribution in [0.1, 0.15) is 53.7 Å². The third-order valence-electron chi connectivity index (χ3n) is 5.44. The highest BCUT2D eigenvalue weighted by atomic mass is 32.1. The molecule has 0 amide bonds. The van der Waals surface area contributed by atoms with Gasteiger partial charge in [0.1, 0.15) is 17.6 Å². The molecule has 2 atom stereocenters. The molecular weight excluding hydrogens is 410 g/mol. The van der Waals surface area contributed by atoms with Gasteiger partial charge in [-0.1, -0.05) is 31.5 Å². The van der Waals surface area contributed by atoms with E-state index in [0.29, 0.717) is 16.4 Å². The Labute approximate surface area is 187 Å². The minimum Gasteiger partial charge on any atom is -0.465 e. The van der Waals surface area contributed by atoms with Gasteiger partial charge >= 0.3 is 5.97 Å². The first-order chi connectivity index (χ1) is 15.1. The molecule has 4 rings (SSSR count). The van der Waals surface area contributed by atoms with Gasteiger partial charge < -0.3 is 19.4 Å². The average molecular weight is 436 g/mol. The van der Waals surface area contributed by atoms with Crippen LogP contribution in [0.3, 0.4) is 0 Å². The van der Waals surface area contributed by atoms with E-state index in [1.165, 1.54) is 7.11 Å². The number of rotatable bonds is 7. The second kappa shape index (κ2) is 9.31. The van der Waals surface area contributed by atoms with Crippen molar-refractivity contribution < 1.29 is 13.9 Å². The lowest BCUT2D eigenvalue weighted by atomic mass is 10.0. The molecule has 1 aromatic carbocycles. The third kappa shape index (κ3) is 4.32. The molecule has 1 aliphatic heterocycles. The summed E-state index contributed by atoms with van der Waals surface area (Å²) in [4.78, 5) is 18.6. The van der Waals surface area contributed by atoms with E-state index in [4.69, 9.17) is 21.4 Å². The van der Waals surface area contributed by atoms with Gasteiger partial charge in [-0.05, 0) is 55.0 Å². The van der Waals surface area contributed by atoms with Gasteiger partial charge in [0.25, 0.3) is 0 Å². The maximum atomic E-state index is 11.9. The van der Waals surface area contributed by atoms with E-state index in [2.05, 4.69) is 22.1 Å². The molecule has 1 fully saturated rings. The van der Waals surface area contributed by atoms with Crippen LogP contribution < -0.4 is 5.32 Å². The molecule has 160 valence electrons. The molecule has 3 heterocycles. The Balaban J connectivity index is 1.69. The molecule has 0 saturated carbocycles. The van der Waals surface area contributed by atoms with Gasteiger partial charge in [0.2, 0.25) is 0 Å². The Kier molecular flexibility index (Phi) is 6.32. The average Bonchev–Trinajstić information content (AvgIpc) is 3.42. The van der Waals surface area contributed by atoms with Crippen LogP contribution in [0.2, 0.25) is 0 Å². The number of hydrogen-bond acceptors (Lipinski definition) is 5. The lowest BCUT2D eigenvalue weighted by Crippen LogP contribution is -2.30. The molecule has 2 unspecified atom stereocenters. The summed E-state index contributed by atoms with van der Waals surface area (Å²) < 4.78 is 11.1. The molecule has 0 bridgehead atoms. The van der Waals surface area contributed by atoms with Crippen molar-refractivity contribution in [1.82, 2.24) is 15.2 Å². The number of methoxy groups -OCH3 is 1. The fourth-order valence-electron chi connectivity index (χ4n) is 3.87. The Morgan fingerprint density at radius 1 is 1.23 bits per heavy atom. The predicted octanol–water partition coefficient (Wildman–Crippen LogP) is 4.90. The first kappa shape index (κ1) is 21.1. The highest BCUT2D eigenvalue weighted by molar-refractivity contribution is 7.80. The second-order valence-electron chi connectivity index (χ2n) is 7.45. The van der Waals surface area contributed by atoms with Gasteiger partial charge in [-0.25, -0.2) is 4.79 Å². The highest BCUT2D eigenvalue weighted by Crippen LogP contribution is 2.40. The molecule has 2 aromatic heterocycles. The van der Waals surface area contributed by atoms with Crippen molar-refractivity contribution in [3.63, 3.8) is 0 Å². The SMILES string of the molecule is CCCCN1C(=S)NC(c2ccccn2)C1c1ccc(-c2cccc(C(=O)OC)c2)o1. The topological polar surface area (TPSA) is 67.6 Å². The van der Waals surface area contributed by atoms with Gasteiger partial charge in [-0.15, -0.1) is 0 Å². The standard InChI is InChI=1S/C24H25N3O3S/c1-3-4-14-27-22(21(26-24(27)31)18-10-5-6-13-25-18)20-12-11-19(30-20)16-8-7-9-17(15-16)23(28)29-2/h5-13,15,21-22H,3-4,14H2,1-2H3,(H,26,31). The first-order valence-corrected chi connectivity index (χ1v) is 10.8. The highest BCUT2D eigenvalue weighted by Gasteiger charge is 2.41. The van der Waals surface area contributed by atoms with Crippen LogP contribution in [-0.2, 0) is 4.74 Å². The van der Waals surface area contributed by atoms with Crippen molar-refractivity contribution in [2.24, 2.45) is 0 Å². The van der Waals surface area contributed by atoms with E-state index in [-0.39, 0.29) is 18.1 Å². The molecular formula is C24H25N3O3S. The number of thiocarbonyl (C=S) groups is 1. The smallest absolute Gasteiger partial charge is 0.337 e. The number of carbonyl (C=O) groups is 1. The summed E-state index contributed by atoms with van der Waals surface area (Å²) in [6, 6.07) is 16.8. The van der Waals surface area contributed by atoms with Crippen LogP contribution in [0.5, 0.6) is 0 Å². The zero-order valence-corrected chi connectivity index (χ0v) is 18.4. The Bertz CT molecular complexity index is 1070. The van der Waals surface area contributed by atoms with E-state index in [0.717, 1.165) is 36.4 Å². The minimum absolute atomic E-state index is 0.105. The first-order valence-electron chi connectivity index (χ1n) is 10.4. The lowest BCUT2D eigenvalue weighted by Gasteiger charge is -2.25. The van der Waals surface area contributed by atoms with Crippen LogP contribution in [0.4, 0.5) is 0 Å². The van der Waals surface area contributed by atoms with Gasteiger partial charge in [0.05, 0.1) is 24.4 Å². The van der Waals surface area contributed by atoms with E-state index in [1.807, 2.05) is 42.5 Å². The van der Waals surface area contributed by atoms with Gasteiger partial charge in [-0.2, -0.15) is 0 Å². The zero-order chi connectivity index (χ0) is 21.8. The van der Waals surface area contributed by atoms with Crippen LogP contribution >= 0.6 is 12.2 Å². The number of hydrogen-bond donors (Lipinski definition) is 1. The van der Waals surface area contributed by atoms with Crippen molar-refractivity contribution in [2.75, 3.05) is 13.7 Å². The van der Waals surface area contributed by atoms with Crippen molar-refractivity contribution in [1.29, 1.82) is 0 Å². The molecule has 3 aromatic rings. The number of furan rings is 1. The number of nitrogens with zero attached hydrogens (tertiary/aromatic N) is 2. The number of carbonyl (C=O) groups excluding carboxylic acids is 1. The summed E-state index contributed by atoms with van der Waals surface area (Å²) in [6.45, 7) is 3.00. The van der Waals surface area contributed by atoms with E-state index in [9.17, 15) is 4.79 Å². The van der Waals surface area contributed by atoms with Crippen LogP contribution in [0, 0.1) is 0 Å². The molecule has 0 spiro atoms. The van der Waals surface area contributed by atoms with E-state index >= 15 is 0 Å². The Hall–Kier alpha value is -3.19. The van der Waals surface area contributed by atoms with Crippen LogP contribution in [0.25, 0.3) is 11.3 Å². The van der Waals surface area contributed by atoms with Gasteiger partial charge in [0.15, 0.2) is 5.11 Å². The molecule has 7 heteroatoms. The molecule has 31 heavy (non-hydrogen) atoms. The molecule has 0 aliphatic carbocycles. The van der Waals surface area contributed by atoms with Crippen molar-refractivity contribution in [3.8, 4) is 11.3 Å². The monoisotopic (exact) mass is 435 g/mol. The van der Waals surface area contributed by atoms with Crippen molar-refractivity contribution in [2.45, 2.75) is 31.8 Å². The fraction of sp³-hybridized carbons (Fsp3) is 0.292. The summed E-state index contributed by atoms with van der Waals surface area (Å²) in [5.41, 5.74) is 2.22. The normalized spacial score (nSPS) is 18.1. The maximum Gasteiger partial charge on any atom is 0.337 e. The minimum atomic E-state index is -0.375. The summed E-state index contributed by atoms with van der Waals surface area (Å²) in [7, 11) is 1.37. The number of ether oxygens (including phenoxy) is 1. The number of pyridine rings is 1. The Morgan fingerprint density at radius 3 is 2.84 bits per heavy atom. The molecule has 0 radical (unpaired) electrons. The predicted molar refractivity (Wildman–Crippen MR) is 123 cm³/mol. The molecule has 1 saturated heterocycles. The quantitative estimate of drug-likeness (QED) is 0.418. The largest absolute Gasteiger partial charge is 0.465 e. The fourth-order valence-corrected chi connectivity index (χ4v) is 4.20. The maximum absolute atomic E-state index is 11.9. The summed E-state index contributed by atoms with van der Waals surface area (Å²) in [6.07, 6.45) is 3.89. The van der Waals surface area contributed by atoms with E-state index in [1.54, 1.807) is 18.3 Å². The number of unbranched alkanes of at least 4 members (excludes halogenated alkanes) is 1. The number of benzene rings is 1. The molecule has 6 nitrogen and oxygen atoms in total. The molecule has 1 aliphatic rings.